The lowest BCUT2D eigenvalue weighted by Crippen LogP contribution is -2.28. The molecule has 1 rings (SSSR count). The summed E-state index contributed by atoms with van der Waals surface area (Å²) in [4.78, 5) is 11.6. The van der Waals surface area contributed by atoms with Crippen molar-refractivity contribution in [2.24, 2.45) is 5.92 Å². The van der Waals surface area contributed by atoms with E-state index >= 15 is 0 Å². The van der Waals surface area contributed by atoms with Gasteiger partial charge in [-0.1, -0.05) is 12.2 Å². The summed E-state index contributed by atoms with van der Waals surface area (Å²) < 4.78 is 0. The van der Waals surface area contributed by atoms with Crippen LogP contribution in [-0.2, 0) is 4.79 Å². The molecule has 0 radical (unpaired) electrons. The van der Waals surface area contributed by atoms with Crippen LogP contribution in [0.1, 0.15) is 26.7 Å². The Bertz CT molecular complexity index is 198. The third-order valence-electron chi connectivity index (χ3n) is 2.41. The van der Waals surface area contributed by atoms with Crippen LogP contribution in [0.3, 0.4) is 0 Å². The lowest BCUT2D eigenvalue weighted by Gasteiger charge is -2.13. The van der Waals surface area contributed by atoms with E-state index < -0.39 is 0 Å². The van der Waals surface area contributed by atoms with E-state index in [2.05, 4.69) is 18.8 Å². The molecule has 0 spiro atoms. The number of allylic oxidation sites excluding steroid dienone is 1. The number of carbonyl (C=O) groups is 1. The summed E-state index contributed by atoms with van der Waals surface area (Å²) in [6.45, 7) is 8.72. The van der Waals surface area contributed by atoms with Crippen LogP contribution in [0, 0.1) is 5.92 Å². The highest BCUT2D eigenvalue weighted by Crippen LogP contribution is 2.19. The SMILES string of the molecule is C=C(C)CC(=O)C1CCNC1C. The smallest absolute Gasteiger partial charge is 0.141 e. The molecule has 1 aliphatic heterocycles. The summed E-state index contributed by atoms with van der Waals surface area (Å²) >= 11 is 0. The van der Waals surface area contributed by atoms with E-state index in [4.69, 9.17) is 0 Å². The normalized spacial score (nSPS) is 28.8. The molecular weight excluding hydrogens is 150 g/mol. The molecule has 0 aliphatic carbocycles. The van der Waals surface area contributed by atoms with E-state index in [9.17, 15) is 4.79 Å². The van der Waals surface area contributed by atoms with Gasteiger partial charge < -0.3 is 5.32 Å². The van der Waals surface area contributed by atoms with Crippen molar-refractivity contribution in [2.45, 2.75) is 32.7 Å². The molecule has 12 heavy (non-hydrogen) atoms. The van der Waals surface area contributed by atoms with Crippen molar-refractivity contribution < 1.29 is 4.79 Å². The van der Waals surface area contributed by atoms with Crippen LogP contribution in [0.15, 0.2) is 12.2 Å². The highest BCUT2D eigenvalue weighted by Gasteiger charge is 2.28. The minimum atomic E-state index is 0.224. The van der Waals surface area contributed by atoms with E-state index in [0.717, 1.165) is 18.5 Å². The minimum Gasteiger partial charge on any atom is -0.314 e. The molecule has 2 nitrogen and oxygen atoms in total. The Hall–Kier alpha value is -0.630. The first-order valence-corrected chi connectivity index (χ1v) is 4.51. The standard InChI is InChI=1S/C10H17NO/c1-7(2)6-10(12)9-4-5-11-8(9)3/h8-9,11H,1,4-6H2,2-3H3. The number of ketones is 1. The number of rotatable bonds is 3. The number of nitrogens with one attached hydrogen (secondary N) is 1. The van der Waals surface area contributed by atoms with Gasteiger partial charge in [-0.2, -0.15) is 0 Å². The quantitative estimate of drug-likeness (QED) is 0.646. The van der Waals surface area contributed by atoms with E-state index in [0.29, 0.717) is 18.2 Å². The predicted molar refractivity (Wildman–Crippen MR) is 50.0 cm³/mol. The van der Waals surface area contributed by atoms with Gasteiger partial charge in [-0.15, -0.1) is 0 Å². The van der Waals surface area contributed by atoms with Crippen molar-refractivity contribution in [2.75, 3.05) is 6.54 Å². The van der Waals surface area contributed by atoms with Crippen LogP contribution >= 0.6 is 0 Å². The van der Waals surface area contributed by atoms with Gasteiger partial charge in [0.2, 0.25) is 0 Å². The average molecular weight is 167 g/mol. The molecule has 2 atom stereocenters. The van der Waals surface area contributed by atoms with Gasteiger partial charge >= 0.3 is 0 Å². The van der Waals surface area contributed by atoms with Crippen LogP contribution in [0.4, 0.5) is 0 Å². The molecule has 68 valence electrons. The molecule has 0 amide bonds. The molecule has 0 aromatic carbocycles. The Morgan fingerprint density at radius 2 is 2.33 bits per heavy atom. The monoisotopic (exact) mass is 167 g/mol. The Labute approximate surface area is 74.0 Å². The molecule has 0 aromatic rings. The number of hydrogen-bond donors (Lipinski definition) is 1. The second-order valence-electron chi connectivity index (χ2n) is 3.74. The molecule has 0 saturated carbocycles. The van der Waals surface area contributed by atoms with Gasteiger partial charge in [-0.3, -0.25) is 4.79 Å². The maximum Gasteiger partial charge on any atom is 0.141 e. The fourth-order valence-corrected chi connectivity index (χ4v) is 1.73. The fraction of sp³-hybridized carbons (Fsp3) is 0.700. The Balaban J connectivity index is 2.46. The molecule has 0 bridgehead atoms. The first-order chi connectivity index (χ1) is 5.61. The zero-order chi connectivity index (χ0) is 9.14. The molecule has 1 saturated heterocycles. The third-order valence-corrected chi connectivity index (χ3v) is 2.41. The van der Waals surface area contributed by atoms with Crippen molar-refractivity contribution >= 4 is 5.78 Å². The number of Topliss-reactive ketones (excluding diaryl/α,β-unsaturated/α-hetero) is 1. The van der Waals surface area contributed by atoms with Gasteiger partial charge in [0.15, 0.2) is 0 Å². The first kappa shape index (κ1) is 9.46. The summed E-state index contributed by atoms with van der Waals surface area (Å²) in [5.41, 5.74) is 0.971. The van der Waals surface area contributed by atoms with Crippen LogP contribution in [-0.4, -0.2) is 18.4 Å². The van der Waals surface area contributed by atoms with Crippen LogP contribution in [0.2, 0.25) is 0 Å². The van der Waals surface area contributed by atoms with E-state index in [1.807, 2.05) is 6.92 Å². The Morgan fingerprint density at radius 1 is 1.67 bits per heavy atom. The maximum absolute atomic E-state index is 11.6. The van der Waals surface area contributed by atoms with E-state index in [-0.39, 0.29) is 5.92 Å². The van der Waals surface area contributed by atoms with Gasteiger partial charge in [0.25, 0.3) is 0 Å². The summed E-state index contributed by atoms with van der Waals surface area (Å²) in [5.74, 6) is 0.571. The zero-order valence-corrected chi connectivity index (χ0v) is 7.89. The molecule has 1 fully saturated rings. The van der Waals surface area contributed by atoms with Crippen molar-refractivity contribution in [1.82, 2.24) is 5.32 Å². The molecule has 1 N–H and O–H groups in total. The summed E-state index contributed by atoms with van der Waals surface area (Å²) in [7, 11) is 0. The second kappa shape index (κ2) is 3.85. The molecule has 2 heteroatoms. The molecular formula is C10H17NO. The highest BCUT2D eigenvalue weighted by atomic mass is 16.1. The second-order valence-corrected chi connectivity index (χ2v) is 3.74. The van der Waals surface area contributed by atoms with E-state index in [1.165, 1.54) is 0 Å². The molecule has 1 aliphatic rings. The van der Waals surface area contributed by atoms with Gasteiger partial charge in [-0.25, -0.2) is 0 Å². The van der Waals surface area contributed by atoms with Gasteiger partial charge in [0.1, 0.15) is 5.78 Å². The van der Waals surface area contributed by atoms with Crippen LogP contribution in [0.25, 0.3) is 0 Å². The lowest BCUT2D eigenvalue weighted by atomic mass is 9.93. The Kier molecular flexibility index (Phi) is 3.04. The minimum absolute atomic E-state index is 0.224. The summed E-state index contributed by atoms with van der Waals surface area (Å²) in [6.07, 6.45) is 1.55. The Morgan fingerprint density at radius 3 is 2.75 bits per heavy atom. The van der Waals surface area contributed by atoms with E-state index in [1.54, 1.807) is 0 Å². The lowest BCUT2D eigenvalue weighted by molar-refractivity contribution is -0.122. The molecule has 1 heterocycles. The van der Waals surface area contributed by atoms with Gasteiger partial charge in [0, 0.05) is 18.4 Å². The summed E-state index contributed by atoms with van der Waals surface area (Å²) in [6, 6.07) is 0.358. The van der Waals surface area contributed by atoms with Crippen molar-refractivity contribution in [3.63, 3.8) is 0 Å². The predicted octanol–water partition coefficient (Wildman–Crippen LogP) is 1.52. The van der Waals surface area contributed by atoms with Crippen molar-refractivity contribution in [3.8, 4) is 0 Å². The topological polar surface area (TPSA) is 29.1 Å². The van der Waals surface area contributed by atoms with Crippen LogP contribution in [0.5, 0.6) is 0 Å². The van der Waals surface area contributed by atoms with Crippen molar-refractivity contribution in [1.29, 1.82) is 0 Å². The first-order valence-electron chi connectivity index (χ1n) is 4.51. The third kappa shape index (κ3) is 2.18. The molecule has 0 aromatic heterocycles. The number of carbonyl (C=O) groups excluding carboxylic acids is 1. The zero-order valence-electron chi connectivity index (χ0n) is 7.89. The fourth-order valence-electron chi connectivity index (χ4n) is 1.73. The van der Waals surface area contributed by atoms with Crippen LogP contribution < -0.4 is 5.32 Å². The largest absolute Gasteiger partial charge is 0.314 e. The maximum atomic E-state index is 11.6. The number of hydrogen-bond acceptors (Lipinski definition) is 2. The average Bonchev–Trinajstić information content (AvgIpc) is 2.33. The summed E-state index contributed by atoms with van der Waals surface area (Å²) in [5, 5.41) is 3.27. The van der Waals surface area contributed by atoms with Gasteiger partial charge in [-0.05, 0) is 26.8 Å². The highest BCUT2D eigenvalue weighted by molar-refractivity contribution is 5.83. The molecule has 2 unspecified atom stereocenters. The van der Waals surface area contributed by atoms with Gasteiger partial charge in [0.05, 0.1) is 0 Å². The van der Waals surface area contributed by atoms with Crippen molar-refractivity contribution in [3.05, 3.63) is 12.2 Å².